The van der Waals surface area contributed by atoms with Crippen LogP contribution in [0.2, 0.25) is 0 Å². The second kappa shape index (κ2) is 5.74. The van der Waals surface area contributed by atoms with E-state index in [1.165, 1.54) is 26.4 Å². The molecule has 4 saturated carbocycles. The molecule has 0 spiro atoms. The normalized spacial score (nSPS) is 37.0. The first-order valence-electron chi connectivity index (χ1n) is 8.56. The lowest BCUT2D eigenvalue weighted by Gasteiger charge is -2.58. The van der Waals surface area contributed by atoms with Gasteiger partial charge in [0.25, 0.3) is 0 Å². The summed E-state index contributed by atoms with van der Waals surface area (Å²) in [5.41, 5.74) is -0.0871. The van der Waals surface area contributed by atoms with E-state index < -0.39 is 6.04 Å². The van der Waals surface area contributed by atoms with Gasteiger partial charge in [0.1, 0.15) is 6.04 Å². The highest BCUT2D eigenvalue weighted by atomic mass is 16.5. The Morgan fingerprint density at radius 1 is 1.00 bits per heavy atom. The second-order valence-electron chi connectivity index (χ2n) is 8.01. The maximum Gasteiger partial charge on any atom is 0.329 e. The molecule has 124 valence electrons. The molecule has 0 aromatic heterocycles. The SMILES string of the molecule is COC(=O)[C@@H](NC(=O)NC(C)C)C12CC3CC(CC(C3)C1)C2. The topological polar surface area (TPSA) is 67.4 Å². The first-order chi connectivity index (χ1) is 10.4. The maximum atomic E-state index is 12.4. The summed E-state index contributed by atoms with van der Waals surface area (Å²) in [5.74, 6) is 1.90. The largest absolute Gasteiger partial charge is 0.467 e. The lowest BCUT2D eigenvalue weighted by molar-refractivity contribution is -0.154. The first-order valence-corrected chi connectivity index (χ1v) is 8.56. The number of amides is 2. The molecule has 2 N–H and O–H groups in total. The fourth-order valence-corrected chi connectivity index (χ4v) is 5.55. The monoisotopic (exact) mass is 308 g/mol. The fourth-order valence-electron chi connectivity index (χ4n) is 5.55. The molecule has 5 nitrogen and oxygen atoms in total. The van der Waals surface area contributed by atoms with Crippen LogP contribution in [0.15, 0.2) is 0 Å². The van der Waals surface area contributed by atoms with Crippen LogP contribution in [0.1, 0.15) is 52.4 Å². The van der Waals surface area contributed by atoms with E-state index in [0.29, 0.717) is 0 Å². The van der Waals surface area contributed by atoms with Crippen LogP contribution in [0, 0.1) is 23.2 Å². The average Bonchev–Trinajstić information content (AvgIpc) is 2.41. The van der Waals surface area contributed by atoms with Crippen molar-refractivity contribution in [2.24, 2.45) is 23.2 Å². The summed E-state index contributed by atoms with van der Waals surface area (Å²) in [5, 5.41) is 5.76. The molecule has 4 bridgehead atoms. The zero-order valence-corrected chi connectivity index (χ0v) is 13.9. The number of urea groups is 1. The van der Waals surface area contributed by atoms with Crippen LogP contribution in [-0.4, -0.2) is 31.2 Å². The Balaban J connectivity index is 1.80. The number of rotatable bonds is 4. The van der Waals surface area contributed by atoms with Gasteiger partial charge in [0.2, 0.25) is 0 Å². The third-order valence-corrected chi connectivity index (χ3v) is 5.83. The van der Waals surface area contributed by atoms with Crippen molar-refractivity contribution in [3.05, 3.63) is 0 Å². The Bertz CT molecular complexity index is 426. The van der Waals surface area contributed by atoms with Gasteiger partial charge in [-0.15, -0.1) is 0 Å². The molecule has 2 amide bonds. The fraction of sp³-hybridized carbons (Fsp3) is 0.882. The Morgan fingerprint density at radius 3 is 1.91 bits per heavy atom. The molecule has 4 aliphatic carbocycles. The van der Waals surface area contributed by atoms with Gasteiger partial charge in [-0.25, -0.2) is 9.59 Å². The van der Waals surface area contributed by atoms with Gasteiger partial charge in [-0.2, -0.15) is 0 Å². The van der Waals surface area contributed by atoms with Gasteiger partial charge in [-0.05, 0) is 70.1 Å². The maximum absolute atomic E-state index is 12.4. The molecular formula is C17H28N2O3. The lowest BCUT2D eigenvalue weighted by Crippen LogP contribution is -2.61. The van der Waals surface area contributed by atoms with Crippen molar-refractivity contribution in [1.29, 1.82) is 0 Å². The molecule has 5 heteroatoms. The summed E-state index contributed by atoms with van der Waals surface area (Å²) in [4.78, 5) is 24.5. The zero-order valence-electron chi connectivity index (χ0n) is 13.9. The van der Waals surface area contributed by atoms with Crippen molar-refractivity contribution >= 4 is 12.0 Å². The predicted molar refractivity (Wildman–Crippen MR) is 83.2 cm³/mol. The minimum atomic E-state index is -0.510. The molecule has 0 aromatic carbocycles. The number of methoxy groups -OCH3 is 1. The Morgan fingerprint density at radius 2 is 1.50 bits per heavy atom. The van der Waals surface area contributed by atoms with Gasteiger partial charge in [-0.3, -0.25) is 0 Å². The number of hydrogen-bond donors (Lipinski definition) is 2. The van der Waals surface area contributed by atoms with Gasteiger partial charge in [-0.1, -0.05) is 0 Å². The van der Waals surface area contributed by atoms with Gasteiger partial charge in [0, 0.05) is 11.5 Å². The van der Waals surface area contributed by atoms with Crippen LogP contribution < -0.4 is 10.6 Å². The summed E-state index contributed by atoms with van der Waals surface area (Å²) in [6.07, 6.45) is 7.10. The van der Waals surface area contributed by atoms with Crippen LogP contribution in [0.25, 0.3) is 0 Å². The quantitative estimate of drug-likeness (QED) is 0.784. The van der Waals surface area contributed by atoms with Crippen molar-refractivity contribution < 1.29 is 14.3 Å². The van der Waals surface area contributed by atoms with Gasteiger partial charge < -0.3 is 15.4 Å². The van der Waals surface area contributed by atoms with E-state index in [9.17, 15) is 9.59 Å². The summed E-state index contributed by atoms with van der Waals surface area (Å²) in [6.45, 7) is 3.83. The molecule has 1 atom stereocenters. The molecule has 4 aliphatic rings. The number of hydrogen-bond acceptors (Lipinski definition) is 3. The van der Waals surface area contributed by atoms with Crippen LogP contribution in [0.5, 0.6) is 0 Å². The lowest BCUT2D eigenvalue weighted by atomic mass is 9.47. The van der Waals surface area contributed by atoms with Gasteiger partial charge >= 0.3 is 12.0 Å². The molecule has 0 aliphatic heterocycles. The van der Waals surface area contributed by atoms with E-state index in [0.717, 1.165) is 37.0 Å². The molecular weight excluding hydrogens is 280 g/mol. The van der Waals surface area contributed by atoms with Crippen LogP contribution in [0.3, 0.4) is 0 Å². The van der Waals surface area contributed by atoms with Crippen molar-refractivity contribution in [2.75, 3.05) is 7.11 Å². The van der Waals surface area contributed by atoms with E-state index in [1.54, 1.807) is 0 Å². The minimum Gasteiger partial charge on any atom is -0.467 e. The highest BCUT2D eigenvalue weighted by Gasteiger charge is 2.56. The standard InChI is InChI=1S/C17H28N2O3/c1-10(2)18-16(21)19-14(15(20)22-3)17-7-11-4-12(8-17)6-13(5-11)9-17/h10-14H,4-9H2,1-3H3,(H2,18,19,21)/t11?,12?,13?,14-,17?/m1/s1. The molecule has 4 fully saturated rings. The highest BCUT2D eigenvalue weighted by molar-refractivity contribution is 5.84. The predicted octanol–water partition coefficient (Wildman–Crippen LogP) is 2.45. The van der Waals surface area contributed by atoms with E-state index in [1.807, 2.05) is 13.8 Å². The average molecular weight is 308 g/mol. The molecule has 0 aromatic rings. The van der Waals surface area contributed by atoms with E-state index in [4.69, 9.17) is 4.74 Å². The number of carbonyl (C=O) groups is 2. The molecule has 0 saturated heterocycles. The third kappa shape index (κ3) is 2.82. The Hall–Kier alpha value is -1.26. The van der Waals surface area contributed by atoms with Crippen molar-refractivity contribution in [3.63, 3.8) is 0 Å². The van der Waals surface area contributed by atoms with E-state index in [-0.39, 0.29) is 23.5 Å². The molecule has 0 heterocycles. The van der Waals surface area contributed by atoms with Gasteiger partial charge in [0.05, 0.1) is 7.11 Å². The summed E-state index contributed by atoms with van der Waals surface area (Å²) in [6, 6.07) is -0.722. The molecule has 0 radical (unpaired) electrons. The van der Waals surface area contributed by atoms with Crippen LogP contribution in [-0.2, 0) is 9.53 Å². The number of esters is 1. The number of ether oxygens (including phenoxy) is 1. The van der Waals surface area contributed by atoms with E-state index in [2.05, 4.69) is 10.6 Å². The Labute approximate surface area is 132 Å². The zero-order chi connectivity index (χ0) is 15.9. The number of nitrogens with one attached hydrogen (secondary N) is 2. The molecule has 22 heavy (non-hydrogen) atoms. The van der Waals surface area contributed by atoms with Crippen molar-refractivity contribution in [3.8, 4) is 0 Å². The van der Waals surface area contributed by atoms with Crippen LogP contribution >= 0.6 is 0 Å². The smallest absolute Gasteiger partial charge is 0.329 e. The van der Waals surface area contributed by atoms with Crippen molar-refractivity contribution in [2.45, 2.75) is 64.5 Å². The molecule has 4 rings (SSSR count). The second-order valence-corrected chi connectivity index (χ2v) is 8.01. The molecule has 0 unspecified atom stereocenters. The number of carbonyl (C=O) groups excluding carboxylic acids is 2. The third-order valence-electron chi connectivity index (χ3n) is 5.83. The first kappa shape index (κ1) is 15.6. The van der Waals surface area contributed by atoms with Crippen molar-refractivity contribution in [1.82, 2.24) is 10.6 Å². The van der Waals surface area contributed by atoms with Gasteiger partial charge in [0.15, 0.2) is 0 Å². The highest BCUT2D eigenvalue weighted by Crippen LogP contribution is 2.61. The summed E-state index contributed by atoms with van der Waals surface area (Å²) >= 11 is 0. The van der Waals surface area contributed by atoms with E-state index >= 15 is 0 Å². The Kier molecular flexibility index (Phi) is 4.08. The minimum absolute atomic E-state index is 0.0506. The van der Waals surface area contributed by atoms with Crippen LogP contribution in [0.4, 0.5) is 4.79 Å². The summed E-state index contributed by atoms with van der Waals surface area (Å²) < 4.78 is 5.03. The summed E-state index contributed by atoms with van der Waals surface area (Å²) in [7, 11) is 1.41.